The topological polar surface area (TPSA) is 153 Å². The van der Waals surface area contributed by atoms with Crippen molar-refractivity contribution >= 4 is 36.8 Å². The van der Waals surface area contributed by atoms with Gasteiger partial charge in [0.1, 0.15) is 26.4 Å². The van der Waals surface area contributed by atoms with Crippen LogP contribution in [0, 0.1) is 17.0 Å². The monoisotopic (exact) mass is 707 g/mol. The number of benzene rings is 5. The normalized spacial score (nSPS) is 11.7. The van der Waals surface area contributed by atoms with Gasteiger partial charge in [0.2, 0.25) is 5.75 Å². The first kappa shape index (κ1) is 36.2. The Morgan fingerprint density at radius 3 is 1.60 bits per heavy atom. The van der Waals surface area contributed by atoms with Crippen molar-refractivity contribution in [1.82, 2.24) is 0 Å². The predicted molar refractivity (Wildman–Crippen MR) is 182 cm³/mol. The van der Waals surface area contributed by atoms with E-state index in [4.69, 9.17) is 8.92 Å². The zero-order valence-electron chi connectivity index (χ0n) is 26.5. The van der Waals surface area contributed by atoms with Crippen LogP contribution >= 0.6 is 0 Å². The molecule has 0 radical (unpaired) electrons. The number of nitro benzene ring substituents is 1. The Balaban J connectivity index is 0.000000217. The highest BCUT2D eigenvalue weighted by molar-refractivity contribution is 7.97. The lowest BCUT2D eigenvalue weighted by Crippen LogP contribution is -2.22. The number of ether oxygens (including phenoxy) is 1. The van der Waals surface area contributed by atoms with Gasteiger partial charge in [-0.2, -0.15) is 8.42 Å². The smallest absolute Gasteiger partial charge is 0.339 e. The number of hydrogen-bond donors (Lipinski definition) is 0. The molecule has 0 fully saturated rings. The fourth-order valence-corrected chi connectivity index (χ4v) is 7.77. The number of aryl methyl sites for hydroxylation is 1. The first-order valence-corrected chi connectivity index (χ1v) is 18.5. The van der Waals surface area contributed by atoms with Gasteiger partial charge in [0.25, 0.3) is 0 Å². The molecule has 13 heteroatoms. The summed E-state index contributed by atoms with van der Waals surface area (Å²) in [4.78, 5) is 12.8. The molecule has 0 aliphatic carbocycles. The van der Waals surface area contributed by atoms with Crippen LogP contribution in [-0.2, 0) is 31.1 Å². The third kappa shape index (κ3) is 9.91. The molecule has 0 atom stereocenters. The highest BCUT2D eigenvalue weighted by atomic mass is 32.2. The van der Waals surface area contributed by atoms with Crippen molar-refractivity contribution in [3.05, 3.63) is 143 Å². The summed E-state index contributed by atoms with van der Waals surface area (Å²) in [6.07, 6.45) is 0. The van der Waals surface area contributed by atoms with E-state index in [1.54, 1.807) is 6.92 Å². The summed E-state index contributed by atoms with van der Waals surface area (Å²) in [5.74, 6) is 0.212. The molecule has 250 valence electrons. The molecule has 0 unspecified atom stereocenters. The van der Waals surface area contributed by atoms with E-state index in [0.29, 0.717) is 6.07 Å². The van der Waals surface area contributed by atoms with Crippen LogP contribution in [-0.4, -0.2) is 31.9 Å². The molecule has 0 saturated carbocycles. The van der Waals surface area contributed by atoms with Crippen molar-refractivity contribution < 1.29 is 35.2 Å². The van der Waals surface area contributed by atoms with Crippen LogP contribution in [0.15, 0.2) is 152 Å². The number of rotatable bonds is 9. The molecule has 0 aliphatic rings. The lowest BCUT2D eigenvalue weighted by molar-refractivity contribution is -0.385. The predicted octanol–water partition coefficient (Wildman–Crippen LogP) is 7.53. The van der Waals surface area contributed by atoms with Crippen molar-refractivity contribution in [2.45, 2.75) is 57.8 Å². The molecule has 0 aromatic heterocycles. The number of hydrogen-bond acceptors (Lipinski definition) is 9. The third-order valence-electron chi connectivity index (χ3n) is 6.37. The van der Waals surface area contributed by atoms with Crippen LogP contribution in [0.3, 0.4) is 0 Å². The van der Waals surface area contributed by atoms with E-state index < -0.39 is 41.5 Å². The van der Waals surface area contributed by atoms with Crippen LogP contribution in [0.25, 0.3) is 0 Å². The number of nitrogens with zero attached hydrogens (tertiary/aromatic N) is 1. The van der Waals surface area contributed by atoms with Crippen molar-refractivity contribution in [3.63, 3.8) is 0 Å². The Morgan fingerprint density at radius 1 is 0.667 bits per heavy atom. The highest BCUT2D eigenvalue weighted by Gasteiger charge is 2.28. The molecule has 5 rings (SSSR count). The van der Waals surface area contributed by atoms with Crippen LogP contribution < -0.4 is 8.92 Å². The molecule has 0 spiro atoms. The summed E-state index contributed by atoms with van der Waals surface area (Å²) in [5.41, 5.74) is -0.338. The van der Waals surface area contributed by atoms with Crippen LogP contribution in [0.1, 0.15) is 26.3 Å². The maximum absolute atomic E-state index is 12.1. The van der Waals surface area contributed by atoms with Crippen molar-refractivity contribution in [3.8, 4) is 11.5 Å². The fourth-order valence-electron chi connectivity index (χ4n) is 4.26. The molecule has 0 N–H and O–H groups in total. The van der Waals surface area contributed by atoms with E-state index in [2.05, 4.69) is 106 Å². The Hall–Kier alpha value is -4.69. The second-order valence-corrected chi connectivity index (χ2v) is 16.3. The van der Waals surface area contributed by atoms with E-state index in [-0.39, 0.29) is 21.4 Å². The van der Waals surface area contributed by atoms with Gasteiger partial charge in [0.05, 0.1) is 20.7 Å². The standard InChI is InChI=1S/C22H23OS.C13H11NO8S2/c1-22(2,3)23-18-14-16-21(17-15-18)24(19-10-6-4-7-11-19)20-12-8-5-9-13-20;1-9-2-4-10(5-3-9)24(20,21)22-13-7-6-11(23(17,18)19)8-12(13)14(15)16/h4-17H,1-3H3;2-8H,1H3,(H,17,18,19)/q+1;/p-1. The Bertz CT molecular complexity index is 2020. The molecular formula is C35H33NO9S3. The van der Waals surface area contributed by atoms with Gasteiger partial charge in [-0.25, -0.2) is 8.42 Å². The second-order valence-electron chi connectivity index (χ2n) is 11.3. The molecular weight excluding hydrogens is 675 g/mol. The van der Waals surface area contributed by atoms with E-state index in [9.17, 15) is 31.5 Å². The Morgan fingerprint density at radius 2 is 1.15 bits per heavy atom. The summed E-state index contributed by atoms with van der Waals surface area (Å²) in [6.45, 7) is 7.95. The summed E-state index contributed by atoms with van der Waals surface area (Å²) >= 11 is 0. The SMILES string of the molecule is CC(C)(C)Oc1ccc([S+](c2ccccc2)c2ccccc2)cc1.Cc1ccc(S(=O)(=O)Oc2ccc(S(=O)(=O)[O-])cc2[N+](=O)[O-])cc1. The van der Waals surface area contributed by atoms with Crippen molar-refractivity contribution in [2.75, 3.05) is 0 Å². The minimum Gasteiger partial charge on any atom is -0.744 e. The van der Waals surface area contributed by atoms with Crippen LogP contribution in [0.5, 0.6) is 11.5 Å². The van der Waals surface area contributed by atoms with Crippen LogP contribution in [0.4, 0.5) is 5.69 Å². The maximum Gasteiger partial charge on any atom is 0.339 e. The van der Waals surface area contributed by atoms with Gasteiger partial charge < -0.3 is 13.5 Å². The Labute approximate surface area is 283 Å². The molecule has 48 heavy (non-hydrogen) atoms. The largest absolute Gasteiger partial charge is 0.744 e. The van der Waals surface area contributed by atoms with E-state index in [1.807, 2.05) is 0 Å². The van der Waals surface area contributed by atoms with E-state index >= 15 is 0 Å². The minimum absolute atomic E-state index is 0.102. The van der Waals surface area contributed by atoms with Gasteiger partial charge in [-0.1, -0.05) is 54.1 Å². The first-order chi connectivity index (χ1) is 22.5. The molecule has 0 heterocycles. The zero-order valence-corrected chi connectivity index (χ0v) is 28.9. The molecule has 5 aromatic carbocycles. The maximum atomic E-state index is 12.1. The van der Waals surface area contributed by atoms with Crippen LogP contribution in [0.2, 0.25) is 0 Å². The second kappa shape index (κ2) is 15.0. The van der Waals surface area contributed by atoms with Crippen molar-refractivity contribution in [1.29, 1.82) is 0 Å². The van der Waals surface area contributed by atoms with E-state index in [1.165, 1.54) is 39.0 Å². The fraction of sp³-hybridized carbons (Fsp3) is 0.143. The lowest BCUT2D eigenvalue weighted by Gasteiger charge is -2.21. The molecule has 0 amide bonds. The summed E-state index contributed by atoms with van der Waals surface area (Å²) < 4.78 is 67.7. The third-order valence-corrected chi connectivity index (χ3v) is 10.7. The molecule has 0 bridgehead atoms. The van der Waals surface area contributed by atoms with Gasteiger partial charge in [0.15, 0.2) is 14.7 Å². The average Bonchev–Trinajstić information content (AvgIpc) is 3.02. The van der Waals surface area contributed by atoms with Gasteiger partial charge in [-0.15, -0.1) is 0 Å². The highest BCUT2D eigenvalue weighted by Crippen LogP contribution is 2.33. The Kier molecular flexibility index (Phi) is 11.3. The average molecular weight is 708 g/mol. The summed E-state index contributed by atoms with van der Waals surface area (Å²) in [7, 11) is -9.40. The van der Waals surface area contributed by atoms with Crippen molar-refractivity contribution in [2.24, 2.45) is 0 Å². The molecule has 0 saturated heterocycles. The molecule has 5 aromatic rings. The van der Waals surface area contributed by atoms with Gasteiger partial charge in [0, 0.05) is 6.07 Å². The quantitative estimate of drug-likeness (QED) is 0.0497. The molecule has 10 nitrogen and oxygen atoms in total. The molecule has 0 aliphatic heterocycles. The van der Waals surface area contributed by atoms with Gasteiger partial charge in [-0.05, 0) is 100 Å². The first-order valence-electron chi connectivity index (χ1n) is 14.4. The zero-order chi connectivity index (χ0) is 35.1. The summed E-state index contributed by atoms with van der Waals surface area (Å²) in [6, 6.07) is 37.4. The van der Waals surface area contributed by atoms with Gasteiger partial charge >= 0.3 is 15.8 Å². The summed E-state index contributed by atoms with van der Waals surface area (Å²) in [5, 5.41) is 11.0. The lowest BCUT2D eigenvalue weighted by atomic mass is 10.2. The minimum atomic E-state index is -4.94. The van der Waals surface area contributed by atoms with Gasteiger partial charge in [-0.3, -0.25) is 10.1 Å². The number of nitro groups is 1. The van der Waals surface area contributed by atoms with E-state index in [0.717, 1.165) is 23.4 Å².